The van der Waals surface area contributed by atoms with E-state index in [-0.39, 0.29) is 0 Å². The minimum Gasteiger partial charge on any atom is -0.456 e. The summed E-state index contributed by atoms with van der Waals surface area (Å²) >= 11 is 1.50. The molecule has 4 aromatic heterocycles. The van der Waals surface area contributed by atoms with E-state index in [9.17, 15) is 0 Å². The Labute approximate surface area is 227 Å². The minimum atomic E-state index is 0.476. The van der Waals surface area contributed by atoms with Gasteiger partial charge in [0.05, 0.1) is 15.1 Å². The molecule has 0 radical (unpaired) electrons. The van der Waals surface area contributed by atoms with Crippen LogP contribution < -0.4 is 10.1 Å². The van der Waals surface area contributed by atoms with E-state index in [4.69, 9.17) is 9.26 Å². The van der Waals surface area contributed by atoms with E-state index in [1.807, 2.05) is 78.9 Å². The van der Waals surface area contributed by atoms with E-state index in [0.29, 0.717) is 29.0 Å². The zero-order chi connectivity index (χ0) is 26.2. The summed E-state index contributed by atoms with van der Waals surface area (Å²) in [5, 5.41) is 18.4. The second kappa shape index (κ2) is 9.62. The molecule has 0 aliphatic carbocycles. The summed E-state index contributed by atoms with van der Waals surface area (Å²) in [6, 6.07) is 29.8. The van der Waals surface area contributed by atoms with Gasteiger partial charge < -0.3 is 14.6 Å². The first kappa shape index (κ1) is 23.0. The maximum Gasteiger partial charge on any atom is 0.268 e. The molecular weight excluding hydrogens is 508 g/mol. The maximum atomic E-state index is 6.23. The third-order valence-electron chi connectivity index (χ3n) is 6.19. The predicted molar refractivity (Wildman–Crippen MR) is 152 cm³/mol. The molecule has 0 saturated heterocycles. The van der Waals surface area contributed by atoms with Crippen LogP contribution >= 0.6 is 11.3 Å². The largest absolute Gasteiger partial charge is 0.456 e. The van der Waals surface area contributed by atoms with Gasteiger partial charge in [0.1, 0.15) is 17.2 Å². The number of benzene rings is 3. The first-order chi connectivity index (χ1) is 19.2. The van der Waals surface area contributed by atoms with Crippen LogP contribution in [0, 0.1) is 6.92 Å². The first-order valence-electron chi connectivity index (χ1n) is 12.3. The topological polar surface area (TPSA) is 98.9 Å². The Hall–Kier alpha value is -5.15. The molecule has 7 aromatic rings. The second-order valence-electron chi connectivity index (χ2n) is 8.84. The molecule has 3 aromatic carbocycles. The molecule has 0 unspecified atom stereocenters. The fraction of sp³-hybridized carbons (Fsp3) is 0.0333. The highest BCUT2D eigenvalue weighted by atomic mass is 32.1. The number of nitrogens with one attached hydrogen (secondary N) is 1. The summed E-state index contributed by atoms with van der Waals surface area (Å²) in [5.74, 6) is 3.17. The van der Waals surface area contributed by atoms with Gasteiger partial charge in [0.25, 0.3) is 5.89 Å². The molecular formula is C30H20N6O2S. The van der Waals surface area contributed by atoms with Crippen LogP contribution in [0.3, 0.4) is 0 Å². The van der Waals surface area contributed by atoms with Gasteiger partial charge >= 0.3 is 0 Å². The fourth-order valence-electron chi connectivity index (χ4n) is 4.37. The lowest BCUT2D eigenvalue weighted by molar-refractivity contribution is 0.426. The van der Waals surface area contributed by atoms with Gasteiger partial charge in [-0.3, -0.25) is 4.98 Å². The molecule has 7 rings (SSSR count). The van der Waals surface area contributed by atoms with Crippen molar-refractivity contribution in [2.75, 3.05) is 5.32 Å². The van der Waals surface area contributed by atoms with E-state index in [2.05, 4.69) is 42.8 Å². The van der Waals surface area contributed by atoms with Crippen molar-refractivity contribution in [3.05, 3.63) is 103 Å². The van der Waals surface area contributed by atoms with Gasteiger partial charge in [0, 0.05) is 34.3 Å². The minimum absolute atomic E-state index is 0.476. The number of pyridine rings is 1. The third-order valence-corrected chi connectivity index (χ3v) is 7.32. The standard InChI is InChI=1S/C30H20N6O2S/c1-18-32-30(38-36-18)26-17-24-28(39-26)25(15-16-31-24)37-21-13-11-20(12-14-21)33-29-23-10-6-5-9-22(23)27(34-35-29)19-7-3-2-4-8-19/h2-17H,1H3,(H,33,35). The molecule has 0 aliphatic rings. The SMILES string of the molecule is Cc1noc(-c2cc3nccc(Oc4ccc(Nc5nnc(-c6ccccc6)c6ccccc56)cc4)c3s2)n1. The van der Waals surface area contributed by atoms with Crippen molar-refractivity contribution < 1.29 is 9.26 Å². The molecule has 0 spiro atoms. The zero-order valence-corrected chi connectivity index (χ0v) is 21.5. The van der Waals surface area contributed by atoms with E-state index in [0.717, 1.165) is 42.8 Å². The molecule has 0 bridgehead atoms. The molecule has 0 aliphatic heterocycles. The summed E-state index contributed by atoms with van der Waals surface area (Å²) in [5.41, 5.74) is 3.57. The van der Waals surface area contributed by atoms with Crippen LogP contribution in [0.5, 0.6) is 11.5 Å². The highest BCUT2D eigenvalue weighted by Gasteiger charge is 2.15. The number of ether oxygens (including phenoxy) is 1. The van der Waals surface area contributed by atoms with Crippen LogP contribution in [0.25, 0.3) is 43.0 Å². The maximum absolute atomic E-state index is 6.23. The average molecular weight is 529 g/mol. The van der Waals surface area contributed by atoms with Gasteiger partial charge in [-0.1, -0.05) is 59.8 Å². The van der Waals surface area contributed by atoms with Crippen molar-refractivity contribution >= 4 is 43.8 Å². The molecule has 0 fully saturated rings. The van der Waals surface area contributed by atoms with Crippen LogP contribution in [0.4, 0.5) is 11.5 Å². The second-order valence-corrected chi connectivity index (χ2v) is 9.89. The lowest BCUT2D eigenvalue weighted by Gasteiger charge is -2.12. The molecule has 0 atom stereocenters. The lowest BCUT2D eigenvalue weighted by atomic mass is 10.0. The Balaban J connectivity index is 1.14. The molecule has 0 amide bonds. The van der Waals surface area contributed by atoms with Gasteiger partial charge in [-0.05, 0) is 37.3 Å². The van der Waals surface area contributed by atoms with Crippen LogP contribution in [-0.2, 0) is 0 Å². The Bertz CT molecular complexity index is 1930. The van der Waals surface area contributed by atoms with Crippen molar-refractivity contribution in [2.24, 2.45) is 0 Å². The van der Waals surface area contributed by atoms with E-state index < -0.39 is 0 Å². The van der Waals surface area contributed by atoms with E-state index in [1.54, 1.807) is 13.1 Å². The number of hydrogen-bond donors (Lipinski definition) is 1. The molecule has 39 heavy (non-hydrogen) atoms. The number of hydrogen-bond acceptors (Lipinski definition) is 9. The molecule has 1 N–H and O–H groups in total. The van der Waals surface area contributed by atoms with Crippen molar-refractivity contribution in [3.63, 3.8) is 0 Å². The fourth-order valence-corrected chi connectivity index (χ4v) is 5.36. The summed E-state index contributed by atoms with van der Waals surface area (Å²) < 4.78 is 12.5. The van der Waals surface area contributed by atoms with Crippen LogP contribution in [0.1, 0.15) is 5.82 Å². The summed E-state index contributed by atoms with van der Waals surface area (Å²) in [4.78, 5) is 9.63. The summed E-state index contributed by atoms with van der Waals surface area (Å²) in [6.45, 7) is 1.79. The van der Waals surface area contributed by atoms with Gasteiger partial charge in [-0.2, -0.15) is 4.98 Å². The summed E-state index contributed by atoms with van der Waals surface area (Å²) in [6.07, 6.45) is 1.73. The summed E-state index contributed by atoms with van der Waals surface area (Å²) in [7, 11) is 0. The number of nitrogens with zero attached hydrogens (tertiary/aromatic N) is 5. The number of thiophene rings is 1. The van der Waals surface area contributed by atoms with Crippen LogP contribution in [-0.4, -0.2) is 25.3 Å². The average Bonchev–Trinajstić information content (AvgIpc) is 3.62. The van der Waals surface area contributed by atoms with Gasteiger partial charge in [0.15, 0.2) is 11.6 Å². The van der Waals surface area contributed by atoms with Gasteiger partial charge in [-0.25, -0.2) is 0 Å². The monoisotopic (exact) mass is 528 g/mol. The van der Waals surface area contributed by atoms with Crippen molar-refractivity contribution in [2.45, 2.75) is 6.92 Å². The number of fused-ring (bicyclic) bond motifs is 2. The number of rotatable bonds is 6. The molecule has 8 nitrogen and oxygen atoms in total. The third kappa shape index (κ3) is 4.45. The number of aromatic nitrogens is 5. The molecule has 0 saturated carbocycles. The first-order valence-corrected chi connectivity index (χ1v) is 13.1. The normalized spacial score (nSPS) is 11.2. The Morgan fingerprint density at radius 3 is 2.44 bits per heavy atom. The Morgan fingerprint density at radius 1 is 0.846 bits per heavy atom. The number of anilines is 2. The highest BCUT2D eigenvalue weighted by Crippen LogP contribution is 2.39. The zero-order valence-electron chi connectivity index (χ0n) is 20.7. The Kier molecular flexibility index (Phi) is 5.68. The van der Waals surface area contributed by atoms with E-state index >= 15 is 0 Å². The van der Waals surface area contributed by atoms with Gasteiger partial charge in [-0.15, -0.1) is 21.5 Å². The van der Waals surface area contributed by atoms with Crippen molar-refractivity contribution in [1.29, 1.82) is 0 Å². The van der Waals surface area contributed by atoms with Crippen LogP contribution in [0.2, 0.25) is 0 Å². The van der Waals surface area contributed by atoms with E-state index in [1.165, 1.54) is 11.3 Å². The predicted octanol–water partition coefficient (Wildman–Crippen LogP) is 7.80. The molecule has 9 heteroatoms. The number of aryl methyl sites for hydroxylation is 1. The van der Waals surface area contributed by atoms with Crippen molar-refractivity contribution in [3.8, 4) is 33.5 Å². The van der Waals surface area contributed by atoms with Crippen molar-refractivity contribution in [1.82, 2.24) is 25.3 Å². The highest BCUT2D eigenvalue weighted by molar-refractivity contribution is 7.22. The Morgan fingerprint density at radius 2 is 1.64 bits per heavy atom. The smallest absolute Gasteiger partial charge is 0.268 e. The lowest BCUT2D eigenvalue weighted by Crippen LogP contribution is -1.99. The quantitative estimate of drug-likeness (QED) is 0.233. The van der Waals surface area contributed by atoms with Crippen LogP contribution in [0.15, 0.2) is 102 Å². The molecule has 188 valence electrons. The van der Waals surface area contributed by atoms with Gasteiger partial charge in [0.2, 0.25) is 0 Å². The molecule has 4 heterocycles.